The van der Waals surface area contributed by atoms with Gasteiger partial charge < -0.3 is 15.5 Å². The summed E-state index contributed by atoms with van der Waals surface area (Å²) in [5.41, 5.74) is 1.23. The highest BCUT2D eigenvalue weighted by Gasteiger charge is 2.47. The van der Waals surface area contributed by atoms with Gasteiger partial charge in [0.15, 0.2) is 0 Å². The van der Waals surface area contributed by atoms with Crippen LogP contribution in [0.1, 0.15) is 70.8 Å². The van der Waals surface area contributed by atoms with Crippen LogP contribution in [0.25, 0.3) is 0 Å². The zero-order chi connectivity index (χ0) is 25.2. The maximum atomic E-state index is 13.3. The number of hydrogen-bond acceptors (Lipinski definition) is 4. The van der Waals surface area contributed by atoms with Gasteiger partial charge in [-0.15, -0.1) is 0 Å². The molecule has 5 amide bonds. The molecule has 1 saturated carbocycles. The van der Waals surface area contributed by atoms with Gasteiger partial charge in [0.25, 0.3) is 0 Å². The molecule has 2 fully saturated rings. The van der Waals surface area contributed by atoms with Crippen LogP contribution in [0.15, 0.2) is 30.3 Å². The van der Waals surface area contributed by atoms with Crippen molar-refractivity contribution in [2.45, 2.75) is 83.7 Å². The second-order valence-electron chi connectivity index (χ2n) is 9.98. The van der Waals surface area contributed by atoms with E-state index in [1.165, 1.54) is 10.5 Å². The molecule has 0 aromatic heterocycles. The van der Waals surface area contributed by atoms with Gasteiger partial charge in [-0.2, -0.15) is 0 Å². The number of carbonyl (C=O) groups excluding carboxylic acids is 4. The average molecular weight is 485 g/mol. The van der Waals surface area contributed by atoms with E-state index >= 15 is 0 Å². The summed E-state index contributed by atoms with van der Waals surface area (Å²) in [5, 5.41) is 5.80. The standard InChI is InChI=1S/C27H40N4O4/c1-20(2)29-24(32)16-8-9-18-30-26(34)22-14-6-7-15-23(22)31(27(30)35)19-25(33)28-17-10-13-21-11-4-3-5-12-21/h3-5,11-12,20,22-23H,6-10,13-19H2,1-2H3,(H,28,33)(H,29,32). The summed E-state index contributed by atoms with van der Waals surface area (Å²) in [7, 11) is 0. The summed E-state index contributed by atoms with van der Waals surface area (Å²) in [6.45, 7) is 4.64. The zero-order valence-electron chi connectivity index (χ0n) is 21.1. The van der Waals surface area contributed by atoms with E-state index in [0.717, 1.165) is 38.5 Å². The van der Waals surface area contributed by atoms with Crippen LogP contribution in [0.5, 0.6) is 0 Å². The molecule has 3 rings (SSSR count). The van der Waals surface area contributed by atoms with Crippen LogP contribution >= 0.6 is 0 Å². The average Bonchev–Trinajstić information content (AvgIpc) is 2.84. The second-order valence-corrected chi connectivity index (χ2v) is 9.98. The van der Waals surface area contributed by atoms with Crippen LogP contribution in [-0.2, 0) is 20.8 Å². The predicted molar refractivity (Wildman–Crippen MR) is 134 cm³/mol. The number of unbranched alkanes of at least 4 members (excludes halogenated alkanes) is 1. The van der Waals surface area contributed by atoms with E-state index in [0.29, 0.717) is 25.8 Å². The molecule has 1 aromatic carbocycles. The summed E-state index contributed by atoms with van der Waals surface area (Å²) >= 11 is 0. The van der Waals surface area contributed by atoms with Gasteiger partial charge in [0.2, 0.25) is 17.7 Å². The number of urea groups is 1. The number of nitrogens with one attached hydrogen (secondary N) is 2. The molecule has 1 aromatic rings. The maximum absolute atomic E-state index is 13.3. The van der Waals surface area contributed by atoms with Crippen LogP contribution in [0.4, 0.5) is 4.79 Å². The van der Waals surface area contributed by atoms with Crippen molar-refractivity contribution in [1.29, 1.82) is 0 Å². The Morgan fingerprint density at radius 2 is 1.74 bits per heavy atom. The molecule has 2 atom stereocenters. The lowest BCUT2D eigenvalue weighted by molar-refractivity contribution is -0.142. The van der Waals surface area contributed by atoms with Crippen molar-refractivity contribution in [3.05, 3.63) is 35.9 Å². The van der Waals surface area contributed by atoms with E-state index in [2.05, 4.69) is 22.8 Å². The summed E-state index contributed by atoms with van der Waals surface area (Å²) in [5.74, 6) is -0.563. The van der Waals surface area contributed by atoms with Gasteiger partial charge in [-0.1, -0.05) is 43.2 Å². The van der Waals surface area contributed by atoms with Crippen molar-refractivity contribution >= 4 is 23.8 Å². The first-order valence-electron chi connectivity index (χ1n) is 13.1. The molecule has 2 aliphatic rings. The predicted octanol–water partition coefficient (Wildman–Crippen LogP) is 3.25. The molecule has 1 saturated heterocycles. The third kappa shape index (κ3) is 7.80. The molecule has 0 spiro atoms. The van der Waals surface area contributed by atoms with Crippen molar-refractivity contribution < 1.29 is 19.2 Å². The van der Waals surface area contributed by atoms with E-state index in [-0.39, 0.29) is 54.8 Å². The SMILES string of the molecule is CC(C)NC(=O)CCCCN1C(=O)C2CCCCC2N(CC(=O)NCCCc2ccccc2)C1=O. The molecule has 2 unspecified atom stereocenters. The van der Waals surface area contributed by atoms with E-state index in [1.54, 1.807) is 4.90 Å². The molecule has 0 radical (unpaired) electrons. The van der Waals surface area contributed by atoms with Crippen LogP contribution in [0.2, 0.25) is 0 Å². The van der Waals surface area contributed by atoms with Gasteiger partial charge in [-0.3, -0.25) is 19.3 Å². The minimum atomic E-state index is -0.371. The van der Waals surface area contributed by atoms with Crippen molar-refractivity contribution in [1.82, 2.24) is 20.4 Å². The number of nitrogens with zero attached hydrogens (tertiary/aromatic N) is 2. The van der Waals surface area contributed by atoms with Gasteiger partial charge in [0.05, 0.1) is 5.92 Å². The summed E-state index contributed by atoms with van der Waals surface area (Å²) in [6, 6.07) is 9.65. The summed E-state index contributed by atoms with van der Waals surface area (Å²) in [4.78, 5) is 53.9. The highest BCUT2D eigenvalue weighted by atomic mass is 16.2. The monoisotopic (exact) mass is 484 g/mol. The normalized spacial score (nSPS) is 20.1. The van der Waals surface area contributed by atoms with Crippen molar-refractivity contribution in [3.8, 4) is 0 Å². The first-order valence-corrected chi connectivity index (χ1v) is 13.1. The smallest absolute Gasteiger partial charge is 0.327 e. The third-order valence-electron chi connectivity index (χ3n) is 6.80. The van der Waals surface area contributed by atoms with Crippen LogP contribution in [0.3, 0.4) is 0 Å². The Labute approximate surface area is 208 Å². The number of amides is 5. The van der Waals surface area contributed by atoms with E-state index in [1.807, 2.05) is 32.0 Å². The van der Waals surface area contributed by atoms with Crippen molar-refractivity contribution in [2.24, 2.45) is 5.92 Å². The highest BCUT2D eigenvalue weighted by Crippen LogP contribution is 2.34. The topological polar surface area (TPSA) is 98.8 Å². The quantitative estimate of drug-likeness (QED) is 0.445. The second kappa shape index (κ2) is 13.3. The Kier molecular flexibility index (Phi) is 10.1. The highest BCUT2D eigenvalue weighted by molar-refractivity contribution is 6.00. The fraction of sp³-hybridized carbons (Fsp3) is 0.630. The Morgan fingerprint density at radius 3 is 2.49 bits per heavy atom. The molecule has 192 valence electrons. The molecule has 1 aliphatic carbocycles. The fourth-order valence-electron chi connectivity index (χ4n) is 5.08. The Balaban J connectivity index is 1.51. The molecular weight excluding hydrogens is 444 g/mol. The Hall–Kier alpha value is -2.90. The van der Waals surface area contributed by atoms with E-state index in [4.69, 9.17) is 0 Å². The number of imide groups is 1. The van der Waals surface area contributed by atoms with Crippen LogP contribution in [0, 0.1) is 5.92 Å². The largest absolute Gasteiger partial charge is 0.355 e. The van der Waals surface area contributed by atoms with Gasteiger partial charge in [0.1, 0.15) is 6.54 Å². The summed E-state index contributed by atoms with van der Waals surface area (Å²) < 4.78 is 0. The minimum absolute atomic E-state index is 0.0193. The minimum Gasteiger partial charge on any atom is -0.355 e. The number of rotatable bonds is 12. The Morgan fingerprint density at radius 1 is 1.00 bits per heavy atom. The molecule has 35 heavy (non-hydrogen) atoms. The van der Waals surface area contributed by atoms with Gasteiger partial charge >= 0.3 is 6.03 Å². The lowest BCUT2D eigenvalue weighted by atomic mass is 9.81. The van der Waals surface area contributed by atoms with Crippen molar-refractivity contribution in [3.63, 3.8) is 0 Å². The number of hydrogen-bond donors (Lipinski definition) is 2. The van der Waals surface area contributed by atoms with Gasteiger partial charge in [-0.25, -0.2) is 4.79 Å². The molecular formula is C27H40N4O4. The first kappa shape index (κ1) is 26.7. The third-order valence-corrected chi connectivity index (χ3v) is 6.80. The zero-order valence-corrected chi connectivity index (χ0v) is 21.1. The maximum Gasteiger partial charge on any atom is 0.327 e. The number of carbonyl (C=O) groups is 4. The molecule has 8 nitrogen and oxygen atoms in total. The molecule has 8 heteroatoms. The first-order chi connectivity index (χ1) is 16.9. The van der Waals surface area contributed by atoms with Gasteiger partial charge in [0, 0.05) is 31.6 Å². The number of benzene rings is 1. The number of fused-ring (bicyclic) bond motifs is 1. The fourth-order valence-corrected chi connectivity index (χ4v) is 5.08. The van der Waals surface area contributed by atoms with E-state index in [9.17, 15) is 19.2 Å². The van der Waals surface area contributed by atoms with Crippen molar-refractivity contribution in [2.75, 3.05) is 19.6 Å². The van der Waals surface area contributed by atoms with Gasteiger partial charge in [-0.05, 0) is 57.9 Å². The summed E-state index contributed by atoms with van der Waals surface area (Å²) in [6.07, 6.45) is 6.68. The lowest BCUT2D eigenvalue weighted by Crippen LogP contribution is -2.64. The van der Waals surface area contributed by atoms with Crippen LogP contribution in [-0.4, -0.2) is 65.3 Å². The lowest BCUT2D eigenvalue weighted by Gasteiger charge is -2.46. The van der Waals surface area contributed by atoms with Crippen LogP contribution < -0.4 is 10.6 Å². The molecule has 1 aliphatic heterocycles. The molecule has 2 N–H and O–H groups in total. The van der Waals surface area contributed by atoms with E-state index < -0.39 is 0 Å². The molecule has 0 bridgehead atoms. The molecule has 1 heterocycles. The Bertz CT molecular complexity index is 873. The number of aryl methyl sites for hydroxylation is 1.